The fourth-order valence-electron chi connectivity index (χ4n) is 1.87. The molecule has 0 aliphatic heterocycles. The Morgan fingerprint density at radius 2 is 1.43 bits per heavy atom. The van der Waals surface area contributed by atoms with E-state index in [1.54, 1.807) is 24.3 Å². The quantitative estimate of drug-likeness (QED) is 0.789. The number of hydrogen-bond acceptors (Lipinski definition) is 2. The summed E-state index contributed by atoms with van der Waals surface area (Å²) in [7, 11) is 0. The molecule has 2 aromatic rings. The van der Waals surface area contributed by atoms with Gasteiger partial charge in [-0.25, -0.2) is 9.18 Å². The van der Waals surface area contributed by atoms with Crippen LogP contribution in [0.15, 0.2) is 48.5 Å². The van der Waals surface area contributed by atoms with Crippen molar-refractivity contribution < 1.29 is 14.0 Å². The summed E-state index contributed by atoms with van der Waals surface area (Å²) in [4.78, 5) is 23.6. The normalized spacial score (nSPS) is 10.0. The van der Waals surface area contributed by atoms with Crippen LogP contribution in [-0.4, -0.2) is 18.5 Å². The van der Waals surface area contributed by atoms with Crippen molar-refractivity contribution in [1.82, 2.24) is 5.32 Å². The van der Waals surface area contributed by atoms with Crippen LogP contribution in [0.2, 0.25) is 0 Å². The summed E-state index contributed by atoms with van der Waals surface area (Å²) < 4.78 is 12.8. The number of carbonyl (C=O) groups excluding carboxylic acids is 2. The van der Waals surface area contributed by atoms with Crippen LogP contribution in [0.5, 0.6) is 0 Å². The molecule has 0 heterocycles. The maximum atomic E-state index is 12.8. The van der Waals surface area contributed by atoms with E-state index in [0.717, 1.165) is 6.42 Å². The summed E-state index contributed by atoms with van der Waals surface area (Å²) in [6, 6.07) is 11.6. The molecule has 0 aliphatic carbocycles. The van der Waals surface area contributed by atoms with Gasteiger partial charge in [-0.1, -0.05) is 6.92 Å². The summed E-state index contributed by atoms with van der Waals surface area (Å²) in [5.41, 5.74) is 1.57. The Hall–Kier alpha value is -2.89. The maximum Gasteiger partial charge on any atom is 0.323 e. The Balaban J connectivity index is 1.91. The summed E-state index contributed by atoms with van der Waals surface area (Å²) in [5.74, 6) is -0.512. The van der Waals surface area contributed by atoms with Crippen LogP contribution in [-0.2, 0) is 0 Å². The second kappa shape index (κ2) is 7.93. The summed E-state index contributed by atoms with van der Waals surface area (Å²) >= 11 is 0. The molecule has 0 fully saturated rings. The van der Waals surface area contributed by atoms with Crippen molar-refractivity contribution in [3.63, 3.8) is 0 Å². The van der Waals surface area contributed by atoms with Gasteiger partial charge in [-0.2, -0.15) is 0 Å². The number of halogens is 1. The third-order valence-electron chi connectivity index (χ3n) is 3.04. The zero-order chi connectivity index (χ0) is 16.7. The minimum Gasteiger partial charge on any atom is -0.352 e. The Labute approximate surface area is 133 Å². The second-order valence-electron chi connectivity index (χ2n) is 4.92. The molecule has 0 aliphatic rings. The average Bonchev–Trinajstić information content (AvgIpc) is 2.55. The van der Waals surface area contributed by atoms with E-state index in [9.17, 15) is 14.0 Å². The van der Waals surface area contributed by atoms with E-state index >= 15 is 0 Å². The van der Waals surface area contributed by atoms with E-state index in [1.165, 1.54) is 24.3 Å². The van der Waals surface area contributed by atoms with Crippen molar-refractivity contribution in [1.29, 1.82) is 0 Å². The lowest BCUT2D eigenvalue weighted by Gasteiger charge is -2.08. The van der Waals surface area contributed by atoms with Crippen LogP contribution in [0, 0.1) is 5.82 Å². The lowest BCUT2D eigenvalue weighted by Crippen LogP contribution is -2.24. The molecule has 0 aromatic heterocycles. The first-order valence-electron chi connectivity index (χ1n) is 7.30. The first kappa shape index (κ1) is 16.5. The van der Waals surface area contributed by atoms with Gasteiger partial charge in [-0.3, -0.25) is 4.79 Å². The largest absolute Gasteiger partial charge is 0.352 e. The third kappa shape index (κ3) is 5.10. The summed E-state index contributed by atoms with van der Waals surface area (Å²) in [6.07, 6.45) is 0.870. The van der Waals surface area contributed by atoms with Gasteiger partial charge >= 0.3 is 6.03 Å². The number of nitrogens with one attached hydrogen (secondary N) is 3. The minimum absolute atomic E-state index is 0.144. The van der Waals surface area contributed by atoms with Gasteiger partial charge in [0.25, 0.3) is 5.91 Å². The van der Waals surface area contributed by atoms with Gasteiger partial charge in [0.15, 0.2) is 0 Å². The molecule has 23 heavy (non-hydrogen) atoms. The highest BCUT2D eigenvalue weighted by Crippen LogP contribution is 2.12. The van der Waals surface area contributed by atoms with Gasteiger partial charge in [0, 0.05) is 23.5 Å². The highest BCUT2D eigenvalue weighted by atomic mass is 19.1. The highest BCUT2D eigenvalue weighted by Gasteiger charge is 2.06. The molecule has 0 unspecified atom stereocenters. The van der Waals surface area contributed by atoms with Crippen molar-refractivity contribution in [2.45, 2.75) is 13.3 Å². The minimum atomic E-state index is -0.445. The van der Waals surface area contributed by atoms with Crippen LogP contribution in [0.25, 0.3) is 0 Å². The van der Waals surface area contributed by atoms with Crippen LogP contribution < -0.4 is 16.0 Å². The number of amides is 3. The molecule has 2 aromatic carbocycles. The van der Waals surface area contributed by atoms with Crippen molar-refractivity contribution >= 4 is 23.3 Å². The zero-order valence-electron chi connectivity index (χ0n) is 12.7. The van der Waals surface area contributed by atoms with Crippen LogP contribution >= 0.6 is 0 Å². The zero-order valence-corrected chi connectivity index (χ0v) is 12.7. The lowest BCUT2D eigenvalue weighted by atomic mass is 10.2. The Bertz CT molecular complexity index is 669. The SMILES string of the molecule is CCCNC(=O)c1ccc(NC(=O)Nc2ccc(F)cc2)cc1. The molecule has 120 valence electrons. The first-order chi connectivity index (χ1) is 11.1. The van der Waals surface area contributed by atoms with E-state index in [-0.39, 0.29) is 11.7 Å². The van der Waals surface area contributed by atoms with E-state index < -0.39 is 6.03 Å². The molecule has 6 heteroatoms. The fraction of sp³-hybridized carbons (Fsp3) is 0.176. The van der Waals surface area contributed by atoms with E-state index in [0.29, 0.717) is 23.5 Å². The number of hydrogen-bond donors (Lipinski definition) is 3. The summed E-state index contributed by atoms with van der Waals surface area (Å²) in [6.45, 7) is 2.60. The Morgan fingerprint density at radius 3 is 1.96 bits per heavy atom. The van der Waals surface area contributed by atoms with E-state index in [4.69, 9.17) is 0 Å². The maximum absolute atomic E-state index is 12.8. The molecule has 2 rings (SSSR count). The molecular weight excluding hydrogens is 297 g/mol. The predicted octanol–water partition coefficient (Wildman–Crippen LogP) is 3.61. The molecule has 3 N–H and O–H groups in total. The van der Waals surface area contributed by atoms with Gasteiger partial charge in [0.05, 0.1) is 0 Å². The number of anilines is 2. The molecule has 3 amide bonds. The smallest absolute Gasteiger partial charge is 0.323 e. The van der Waals surface area contributed by atoms with Crippen molar-refractivity contribution in [2.75, 3.05) is 17.2 Å². The van der Waals surface area contributed by atoms with Crippen molar-refractivity contribution in [2.24, 2.45) is 0 Å². The molecule has 0 bridgehead atoms. The molecule has 0 radical (unpaired) electrons. The number of benzene rings is 2. The monoisotopic (exact) mass is 315 g/mol. The van der Waals surface area contributed by atoms with Gasteiger partial charge < -0.3 is 16.0 Å². The first-order valence-corrected chi connectivity index (χ1v) is 7.30. The lowest BCUT2D eigenvalue weighted by molar-refractivity contribution is 0.0953. The van der Waals surface area contributed by atoms with Gasteiger partial charge in [0.2, 0.25) is 0 Å². The molecule has 0 saturated carbocycles. The standard InChI is InChI=1S/C17H18FN3O2/c1-2-11-19-16(22)12-3-7-14(8-4-12)20-17(23)21-15-9-5-13(18)6-10-15/h3-10H,2,11H2,1H3,(H,19,22)(H2,20,21,23). The number of carbonyl (C=O) groups is 2. The van der Waals surface area contributed by atoms with E-state index in [1.807, 2.05) is 6.92 Å². The molecule has 0 spiro atoms. The van der Waals surface area contributed by atoms with Crippen molar-refractivity contribution in [3.05, 3.63) is 59.9 Å². The Morgan fingerprint density at radius 1 is 0.913 bits per heavy atom. The number of rotatable bonds is 5. The average molecular weight is 315 g/mol. The summed E-state index contributed by atoms with van der Waals surface area (Å²) in [5, 5.41) is 8.00. The van der Waals surface area contributed by atoms with Crippen molar-refractivity contribution in [3.8, 4) is 0 Å². The van der Waals surface area contributed by atoms with Gasteiger partial charge in [0.1, 0.15) is 5.82 Å². The van der Waals surface area contributed by atoms with Gasteiger partial charge in [-0.15, -0.1) is 0 Å². The van der Waals surface area contributed by atoms with E-state index in [2.05, 4.69) is 16.0 Å². The van der Waals surface area contributed by atoms with Crippen LogP contribution in [0.4, 0.5) is 20.6 Å². The number of urea groups is 1. The third-order valence-corrected chi connectivity index (χ3v) is 3.04. The van der Waals surface area contributed by atoms with Gasteiger partial charge in [-0.05, 0) is 55.0 Å². The topological polar surface area (TPSA) is 70.2 Å². The van der Waals surface area contributed by atoms with Crippen LogP contribution in [0.1, 0.15) is 23.7 Å². The highest BCUT2D eigenvalue weighted by molar-refractivity contribution is 6.00. The fourth-order valence-corrected chi connectivity index (χ4v) is 1.87. The Kier molecular flexibility index (Phi) is 5.68. The second-order valence-corrected chi connectivity index (χ2v) is 4.92. The predicted molar refractivity (Wildman–Crippen MR) is 88.1 cm³/mol. The molecule has 0 atom stereocenters. The molecular formula is C17H18FN3O2. The van der Waals surface area contributed by atoms with Crippen LogP contribution in [0.3, 0.4) is 0 Å². The molecule has 0 saturated heterocycles. The molecule has 5 nitrogen and oxygen atoms in total.